The van der Waals surface area contributed by atoms with Crippen molar-refractivity contribution < 1.29 is 24.2 Å². The summed E-state index contributed by atoms with van der Waals surface area (Å²) in [6.07, 6.45) is -2.00. The Morgan fingerprint density at radius 2 is 2.22 bits per heavy atom. The van der Waals surface area contributed by atoms with Gasteiger partial charge < -0.3 is 14.6 Å². The van der Waals surface area contributed by atoms with Crippen LogP contribution in [-0.4, -0.2) is 29.4 Å². The highest BCUT2D eigenvalue weighted by molar-refractivity contribution is 7.22. The number of nitrogens with one attached hydrogen (secondary N) is 1. The van der Waals surface area contributed by atoms with Crippen molar-refractivity contribution in [2.24, 2.45) is 0 Å². The van der Waals surface area contributed by atoms with Gasteiger partial charge in [-0.05, 0) is 12.1 Å². The number of fused-ring (bicyclic) bond motifs is 1. The maximum atomic E-state index is 11.0. The lowest BCUT2D eigenvalue weighted by Crippen LogP contribution is -2.10. The summed E-state index contributed by atoms with van der Waals surface area (Å²) < 4.78 is 9.65. The standard InChI is InChI=1S/C10H8N2O5S/c1-16-9(13)12-8-11-6-3-2-5(17-10(14)15)4-7(6)18-8/h2-4H,1H3,(H,14,15)(H,11,12,13). The van der Waals surface area contributed by atoms with Gasteiger partial charge in [-0.3, -0.25) is 5.32 Å². The molecule has 0 fully saturated rings. The fraction of sp³-hybridized carbons (Fsp3) is 0.100. The van der Waals surface area contributed by atoms with Crippen molar-refractivity contribution in [3.05, 3.63) is 18.2 Å². The van der Waals surface area contributed by atoms with Gasteiger partial charge in [0, 0.05) is 6.07 Å². The summed E-state index contributed by atoms with van der Waals surface area (Å²) in [5, 5.41) is 11.3. The lowest BCUT2D eigenvalue weighted by Gasteiger charge is -1.97. The number of carbonyl (C=O) groups excluding carboxylic acids is 1. The smallest absolute Gasteiger partial charge is 0.453 e. The summed E-state index contributed by atoms with van der Waals surface area (Å²) in [4.78, 5) is 25.5. The topological polar surface area (TPSA) is 97.8 Å². The molecule has 1 amide bonds. The highest BCUT2D eigenvalue weighted by Gasteiger charge is 2.09. The third kappa shape index (κ3) is 2.66. The zero-order valence-corrected chi connectivity index (χ0v) is 9.98. The maximum absolute atomic E-state index is 11.0. The van der Waals surface area contributed by atoms with Crippen LogP contribution >= 0.6 is 11.3 Å². The van der Waals surface area contributed by atoms with Gasteiger partial charge in [-0.15, -0.1) is 0 Å². The number of hydrogen-bond donors (Lipinski definition) is 2. The first-order valence-electron chi connectivity index (χ1n) is 4.75. The Bertz CT molecular complexity index is 609. The molecule has 2 aromatic rings. The first kappa shape index (κ1) is 12.1. The predicted octanol–water partition coefficient (Wildman–Crippen LogP) is 2.53. The maximum Gasteiger partial charge on any atom is 0.511 e. The first-order chi connectivity index (χ1) is 8.58. The largest absolute Gasteiger partial charge is 0.511 e. The lowest BCUT2D eigenvalue weighted by molar-refractivity contribution is 0.144. The molecular weight excluding hydrogens is 260 g/mol. The predicted molar refractivity (Wildman–Crippen MR) is 64.3 cm³/mol. The van der Waals surface area contributed by atoms with E-state index in [9.17, 15) is 9.59 Å². The van der Waals surface area contributed by atoms with Gasteiger partial charge >= 0.3 is 12.2 Å². The van der Waals surface area contributed by atoms with Crippen LogP contribution < -0.4 is 10.1 Å². The van der Waals surface area contributed by atoms with E-state index in [2.05, 4.69) is 19.8 Å². The highest BCUT2D eigenvalue weighted by Crippen LogP contribution is 2.29. The molecule has 18 heavy (non-hydrogen) atoms. The SMILES string of the molecule is COC(=O)Nc1nc2ccc(OC(=O)O)cc2s1. The monoisotopic (exact) mass is 268 g/mol. The summed E-state index contributed by atoms with van der Waals surface area (Å²) in [7, 11) is 1.25. The minimum absolute atomic E-state index is 0.197. The van der Waals surface area contributed by atoms with Crippen LogP contribution in [0.1, 0.15) is 0 Å². The van der Waals surface area contributed by atoms with Crippen molar-refractivity contribution in [2.45, 2.75) is 0 Å². The van der Waals surface area contributed by atoms with E-state index in [1.807, 2.05) is 0 Å². The van der Waals surface area contributed by atoms with Crippen LogP contribution in [0.15, 0.2) is 18.2 Å². The zero-order chi connectivity index (χ0) is 13.1. The van der Waals surface area contributed by atoms with Gasteiger partial charge in [0.15, 0.2) is 5.13 Å². The van der Waals surface area contributed by atoms with Crippen LogP contribution in [0.4, 0.5) is 14.7 Å². The quantitative estimate of drug-likeness (QED) is 0.641. The van der Waals surface area contributed by atoms with Crippen LogP contribution in [0.3, 0.4) is 0 Å². The van der Waals surface area contributed by atoms with Crippen molar-refractivity contribution in [3.63, 3.8) is 0 Å². The molecule has 0 aliphatic carbocycles. The third-order valence-electron chi connectivity index (χ3n) is 1.96. The highest BCUT2D eigenvalue weighted by atomic mass is 32.1. The molecule has 2 rings (SSSR count). The van der Waals surface area contributed by atoms with E-state index in [1.54, 1.807) is 6.07 Å². The number of benzene rings is 1. The summed E-state index contributed by atoms with van der Waals surface area (Å²) in [5.41, 5.74) is 0.629. The number of amides is 1. The molecule has 2 N–H and O–H groups in total. The molecular formula is C10H8N2O5S. The molecule has 0 saturated carbocycles. The second-order valence-corrected chi connectivity index (χ2v) is 4.16. The normalized spacial score (nSPS) is 10.1. The molecule has 0 radical (unpaired) electrons. The fourth-order valence-electron chi connectivity index (χ4n) is 1.26. The Kier molecular flexibility index (Phi) is 3.28. The Balaban J connectivity index is 2.27. The summed E-state index contributed by atoms with van der Waals surface area (Å²) in [5.74, 6) is 0.197. The van der Waals surface area contributed by atoms with Crippen LogP contribution in [0, 0.1) is 0 Å². The van der Waals surface area contributed by atoms with Crippen LogP contribution in [0.2, 0.25) is 0 Å². The Morgan fingerprint density at radius 3 is 2.89 bits per heavy atom. The van der Waals surface area contributed by atoms with Gasteiger partial charge in [-0.2, -0.15) is 0 Å². The fourth-order valence-corrected chi connectivity index (χ4v) is 2.14. The Hall–Kier alpha value is -2.35. The van der Waals surface area contributed by atoms with E-state index < -0.39 is 12.2 Å². The molecule has 1 heterocycles. The van der Waals surface area contributed by atoms with Crippen molar-refractivity contribution in [2.75, 3.05) is 12.4 Å². The van der Waals surface area contributed by atoms with Gasteiger partial charge in [0.25, 0.3) is 0 Å². The average molecular weight is 268 g/mol. The van der Waals surface area contributed by atoms with Crippen molar-refractivity contribution in [1.82, 2.24) is 4.98 Å². The minimum Gasteiger partial charge on any atom is -0.453 e. The van der Waals surface area contributed by atoms with Gasteiger partial charge in [0.05, 0.1) is 17.3 Å². The van der Waals surface area contributed by atoms with Crippen LogP contribution in [-0.2, 0) is 4.74 Å². The van der Waals surface area contributed by atoms with E-state index in [4.69, 9.17) is 5.11 Å². The van der Waals surface area contributed by atoms with Crippen LogP contribution in [0.5, 0.6) is 5.75 Å². The molecule has 0 unspecified atom stereocenters. The van der Waals surface area contributed by atoms with Crippen molar-refractivity contribution in [1.29, 1.82) is 0 Å². The number of thiazole rings is 1. The van der Waals surface area contributed by atoms with E-state index in [0.717, 1.165) is 0 Å². The van der Waals surface area contributed by atoms with Crippen LogP contribution in [0.25, 0.3) is 10.2 Å². The molecule has 0 bridgehead atoms. The molecule has 0 aliphatic heterocycles. The Labute approximate surface area is 105 Å². The number of methoxy groups -OCH3 is 1. The minimum atomic E-state index is -1.38. The number of carboxylic acid groups (broad SMARTS) is 1. The second-order valence-electron chi connectivity index (χ2n) is 3.13. The van der Waals surface area contributed by atoms with E-state index in [-0.39, 0.29) is 5.75 Å². The molecule has 0 saturated heterocycles. The first-order valence-corrected chi connectivity index (χ1v) is 5.56. The number of nitrogens with zero attached hydrogens (tertiary/aromatic N) is 1. The van der Waals surface area contributed by atoms with E-state index in [0.29, 0.717) is 15.3 Å². The van der Waals surface area contributed by atoms with E-state index in [1.165, 1.54) is 30.6 Å². The third-order valence-corrected chi connectivity index (χ3v) is 2.89. The molecule has 94 valence electrons. The Morgan fingerprint density at radius 1 is 1.44 bits per heavy atom. The van der Waals surface area contributed by atoms with Crippen molar-refractivity contribution in [3.8, 4) is 5.75 Å². The zero-order valence-electron chi connectivity index (χ0n) is 9.17. The number of rotatable bonds is 2. The second kappa shape index (κ2) is 4.88. The molecule has 0 aliphatic rings. The van der Waals surface area contributed by atoms with E-state index >= 15 is 0 Å². The number of hydrogen-bond acceptors (Lipinski definition) is 6. The molecule has 1 aromatic carbocycles. The molecule has 7 nitrogen and oxygen atoms in total. The molecule has 0 atom stereocenters. The summed E-state index contributed by atoms with van der Waals surface area (Å²) in [6.45, 7) is 0. The molecule has 1 aromatic heterocycles. The number of aromatic nitrogens is 1. The average Bonchev–Trinajstić information content (AvgIpc) is 2.69. The molecule has 0 spiro atoms. The summed E-state index contributed by atoms with van der Waals surface area (Å²) in [6, 6.07) is 4.62. The van der Waals surface area contributed by atoms with Gasteiger partial charge in [0.1, 0.15) is 5.75 Å². The number of anilines is 1. The number of ether oxygens (including phenoxy) is 2. The van der Waals surface area contributed by atoms with Gasteiger partial charge in [-0.25, -0.2) is 14.6 Å². The molecule has 8 heteroatoms. The summed E-state index contributed by atoms with van der Waals surface area (Å²) >= 11 is 1.19. The van der Waals surface area contributed by atoms with Gasteiger partial charge in [-0.1, -0.05) is 11.3 Å². The van der Waals surface area contributed by atoms with Gasteiger partial charge in [0.2, 0.25) is 0 Å². The lowest BCUT2D eigenvalue weighted by atomic mass is 10.3. The number of carbonyl (C=O) groups is 2. The van der Waals surface area contributed by atoms with Crippen molar-refractivity contribution >= 4 is 38.9 Å².